The van der Waals surface area contributed by atoms with Crippen LogP contribution in [0.2, 0.25) is 5.02 Å². The van der Waals surface area contributed by atoms with Crippen molar-refractivity contribution in [2.24, 2.45) is 0 Å². The van der Waals surface area contributed by atoms with Crippen LogP contribution in [-0.2, 0) is 13.2 Å². The summed E-state index contributed by atoms with van der Waals surface area (Å²) in [6.45, 7) is 2.58. The second kappa shape index (κ2) is 4.63. The number of halogens is 1. The van der Waals surface area contributed by atoms with Gasteiger partial charge in [-0.25, -0.2) is 4.68 Å². The highest BCUT2D eigenvalue weighted by atomic mass is 35.5. The molecular formula is C11H12ClN3O. The largest absolute Gasteiger partial charge is 0.390 e. The molecule has 1 heterocycles. The molecule has 5 heteroatoms. The molecule has 0 radical (unpaired) electrons. The zero-order valence-electron chi connectivity index (χ0n) is 8.89. The Morgan fingerprint density at radius 3 is 2.56 bits per heavy atom. The van der Waals surface area contributed by atoms with Gasteiger partial charge in [0.15, 0.2) is 0 Å². The zero-order chi connectivity index (χ0) is 11.5. The van der Waals surface area contributed by atoms with E-state index in [0.717, 1.165) is 11.3 Å². The van der Waals surface area contributed by atoms with Crippen molar-refractivity contribution in [1.82, 2.24) is 15.0 Å². The van der Waals surface area contributed by atoms with Crippen molar-refractivity contribution in [3.63, 3.8) is 0 Å². The lowest BCUT2D eigenvalue weighted by Gasteiger charge is -2.05. The first-order valence-electron chi connectivity index (χ1n) is 5.05. The smallest absolute Gasteiger partial charge is 0.116 e. The molecule has 1 N–H and O–H groups in total. The molecule has 0 unspecified atom stereocenters. The molecule has 0 atom stereocenters. The molecule has 0 amide bonds. The normalized spacial score (nSPS) is 10.7. The molecule has 2 aromatic rings. The van der Waals surface area contributed by atoms with Crippen LogP contribution < -0.4 is 0 Å². The number of benzene rings is 1. The van der Waals surface area contributed by atoms with Crippen LogP contribution in [0.15, 0.2) is 24.3 Å². The van der Waals surface area contributed by atoms with Gasteiger partial charge in [-0.3, -0.25) is 0 Å². The number of hydrogen-bond acceptors (Lipinski definition) is 3. The number of aryl methyl sites for hydroxylation is 1. The maximum absolute atomic E-state index is 9.20. The minimum Gasteiger partial charge on any atom is -0.390 e. The van der Waals surface area contributed by atoms with Gasteiger partial charge in [-0.2, -0.15) is 0 Å². The summed E-state index contributed by atoms with van der Waals surface area (Å²) in [5.41, 5.74) is 2.39. The summed E-state index contributed by atoms with van der Waals surface area (Å²) in [6.07, 6.45) is 0. The summed E-state index contributed by atoms with van der Waals surface area (Å²) in [6, 6.07) is 7.41. The maximum Gasteiger partial charge on any atom is 0.116 e. The summed E-state index contributed by atoms with van der Waals surface area (Å²) >= 11 is 5.83. The minimum atomic E-state index is -0.113. The van der Waals surface area contributed by atoms with Gasteiger partial charge in [-0.1, -0.05) is 28.9 Å². The number of aliphatic hydroxyl groups excluding tert-OH is 1. The van der Waals surface area contributed by atoms with E-state index >= 15 is 0 Å². The average Bonchev–Trinajstić information content (AvgIpc) is 2.73. The van der Waals surface area contributed by atoms with E-state index in [4.69, 9.17) is 11.6 Å². The van der Waals surface area contributed by atoms with Crippen molar-refractivity contribution < 1.29 is 5.11 Å². The van der Waals surface area contributed by atoms with E-state index in [2.05, 4.69) is 10.3 Å². The fourth-order valence-electron chi connectivity index (χ4n) is 1.60. The van der Waals surface area contributed by atoms with Crippen molar-refractivity contribution in [3.8, 4) is 11.3 Å². The molecule has 0 aliphatic heterocycles. The van der Waals surface area contributed by atoms with E-state index in [0.29, 0.717) is 17.3 Å². The Bertz CT molecular complexity index is 457. The van der Waals surface area contributed by atoms with Crippen LogP contribution in [0.25, 0.3) is 11.3 Å². The third kappa shape index (κ3) is 1.94. The van der Waals surface area contributed by atoms with Gasteiger partial charge in [-0.05, 0) is 19.1 Å². The summed E-state index contributed by atoms with van der Waals surface area (Å²) in [7, 11) is 0. The Labute approximate surface area is 98.5 Å². The second-order valence-electron chi connectivity index (χ2n) is 3.37. The lowest BCUT2D eigenvalue weighted by atomic mass is 10.1. The molecule has 0 aliphatic carbocycles. The lowest BCUT2D eigenvalue weighted by molar-refractivity contribution is 0.277. The number of aromatic nitrogens is 3. The number of hydrogen-bond donors (Lipinski definition) is 1. The van der Waals surface area contributed by atoms with E-state index < -0.39 is 0 Å². The highest BCUT2D eigenvalue weighted by molar-refractivity contribution is 6.30. The Morgan fingerprint density at radius 1 is 1.31 bits per heavy atom. The molecular weight excluding hydrogens is 226 g/mol. The van der Waals surface area contributed by atoms with Gasteiger partial charge in [0.1, 0.15) is 5.69 Å². The van der Waals surface area contributed by atoms with Gasteiger partial charge in [0.25, 0.3) is 0 Å². The molecule has 0 spiro atoms. The topological polar surface area (TPSA) is 50.9 Å². The monoisotopic (exact) mass is 237 g/mol. The fraction of sp³-hybridized carbons (Fsp3) is 0.273. The maximum atomic E-state index is 9.20. The third-order valence-electron chi connectivity index (χ3n) is 2.37. The van der Waals surface area contributed by atoms with Crippen LogP contribution in [0.4, 0.5) is 0 Å². The Kier molecular flexibility index (Phi) is 3.22. The molecule has 0 bridgehead atoms. The van der Waals surface area contributed by atoms with Crippen molar-refractivity contribution in [2.75, 3.05) is 0 Å². The lowest BCUT2D eigenvalue weighted by Crippen LogP contribution is -2.00. The molecule has 4 nitrogen and oxygen atoms in total. The Morgan fingerprint density at radius 2 is 2.00 bits per heavy atom. The van der Waals surface area contributed by atoms with Crippen LogP contribution in [0.3, 0.4) is 0 Å². The quantitative estimate of drug-likeness (QED) is 0.890. The van der Waals surface area contributed by atoms with E-state index in [-0.39, 0.29) is 6.61 Å². The number of nitrogens with zero attached hydrogens (tertiary/aromatic N) is 3. The summed E-state index contributed by atoms with van der Waals surface area (Å²) in [4.78, 5) is 0. The van der Waals surface area contributed by atoms with Crippen LogP contribution >= 0.6 is 11.6 Å². The van der Waals surface area contributed by atoms with Gasteiger partial charge < -0.3 is 5.11 Å². The van der Waals surface area contributed by atoms with Gasteiger partial charge in [0.05, 0.1) is 12.3 Å². The SMILES string of the molecule is CCn1nnc(CO)c1-c1ccc(Cl)cc1. The number of aliphatic hydroxyl groups is 1. The molecule has 2 rings (SSSR count). The minimum absolute atomic E-state index is 0.113. The Balaban J connectivity index is 2.52. The van der Waals surface area contributed by atoms with E-state index in [9.17, 15) is 5.11 Å². The Hall–Kier alpha value is -1.39. The standard InChI is InChI=1S/C11H12ClN3O/c1-2-15-11(10(7-16)13-14-15)8-3-5-9(12)6-4-8/h3-6,16H,2,7H2,1H3. The van der Waals surface area contributed by atoms with Crippen molar-refractivity contribution in [3.05, 3.63) is 35.0 Å². The summed E-state index contributed by atoms with van der Waals surface area (Å²) in [5, 5.41) is 17.8. The van der Waals surface area contributed by atoms with Gasteiger partial charge in [0.2, 0.25) is 0 Å². The van der Waals surface area contributed by atoms with Crippen LogP contribution in [0.1, 0.15) is 12.6 Å². The average molecular weight is 238 g/mol. The molecule has 0 saturated carbocycles. The molecule has 1 aromatic carbocycles. The third-order valence-corrected chi connectivity index (χ3v) is 2.62. The first-order chi connectivity index (χ1) is 7.76. The predicted octanol–water partition coefficient (Wildman–Crippen LogP) is 2.11. The second-order valence-corrected chi connectivity index (χ2v) is 3.80. The molecule has 0 fully saturated rings. The van der Waals surface area contributed by atoms with Gasteiger partial charge in [0, 0.05) is 17.1 Å². The van der Waals surface area contributed by atoms with E-state index in [1.165, 1.54) is 0 Å². The predicted molar refractivity (Wildman–Crippen MR) is 62.1 cm³/mol. The zero-order valence-corrected chi connectivity index (χ0v) is 9.65. The van der Waals surface area contributed by atoms with Crippen molar-refractivity contribution in [1.29, 1.82) is 0 Å². The first kappa shape index (κ1) is 11.1. The van der Waals surface area contributed by atoms with Crippen molar-refractivity contribution >= 4 is 11.6 Å². The van der Waals surface area contributed by atoms with Crippen LogP contribution in [-0.4, -0.2) is 20.1 Å². The molecule has 84 valence electrons. The van der Waals surface area contributed by atoms with Crippen LogP contribution in [0.5, 0.6) is 0 Å². The van der Waals surface area contributed by atoms with Crippen LogP contribution in [0, 0.1) is 0 Å². The fourth-order valence-corrected chi connectivity index (χ4v) is 1.73. The van der Waals surface area contributed by atoms with E-state index in [1.807, 2.05) is 31.2 Å². The molecule has 0 aliphatic rings. The number of rotatable bonds is 3. The van der Waals surface area contributed by atoms with E-state index in [1.54, 1.807) is 4.68 Å². The van der Waals surface area contributed by atoms with Gasteiger partial charge >= 0.3 is 0 Å². The summed E-state index contributed by atoms with van der Waals surface area (Å²) < 4.78 is 1.76. The highest BCUT2D eigenvalue weighted by Gasteiger charge is 2.12. The molecule has 16 heavy (non-hydrogen) atoms. The first-order valence-corrected chi connectivity index (χ1v) is 5.43. The molecule has 0 saturated heterocycles. The van der Waals surface area contributed by atoms with Crippen molar-refractivity contribution in [2.45, 2.75) is 20.1 Å². The highest BCUT2D eigenvalue weighted by Crippen LogP contribution is 2.23. The van der Waals surface area contributed by atoms with Gasteiger partial charge in [-0.15, -0.1) is 5.10 Å². The summed E-state index contributed by atoms with van der Waals surface area (Å²) in [5.74, 6) is 0. The molecule has 1 aromatic heterocycles.